The fourth-order valence-corrected chi connectivity index (χ4v) is 5.86. The molecule has 0 aromatic heterocycles. The van der Waals surface area contributed by atoms with Crippen molar-refractivity contribution >= 4 is 50.4 Å². The molecule has 2 amide bonds. The van der Waals surface area contributed by atoms with Crippen LogP contribution in [-0.4, -0.2) is 41.3 Å². The predicted molar refractivity (Wildman–Crippen MR) is 159 cm³/mol. The second kappa shape index (κ2) is 10.6. The van der Waals surface area contributed by atoms with Crippen LogP contribution in [0.2, 0.25) is 5.02 Å². The van der Waals surface area contributed by atoms with Crippen LogP contribution in [0.4, 0.5) is 0 Å². The van der Waals surface area contributed by atoms with Gasteiger partial charge in [0.05, 0.1) is 10.6 Å². The van der Waals surface area contributed by atoms with Gasteiger partial charge in [0.2, 0.25) is 0 Å². The Morgan fingerprint density at radius 1 is 1.08 bits per heavy atom. The first-order chi connectivity index (χ1) is 17.4. The van der Waals surface area contributed by atoms with Gasteiger partial charge in [0.1, 0.15) is 0 Å². The summed E-state index contributed by atoms with van der Waals surface area (Å²) in [6, 6.07) is 17.5. The summed E-state index contributed by atoms with van der Waals surface area (Å²) in [5, 5.41) is 3.38. The second-order valence-electron chi connectivity index (χ2n) is 9.97. The highest BCUT2D eigenvalue weighted by Crippen LogP contribution is 2.32. The number of aryl methyl sites for hydroxylation is 1. The number of nitrogens with zero attached hydrogens (tertiary/aromatic N) is 1. The molecule has 1 heterocycles. The van der Waals surface area contributed by atoms with Gasteiger partial charge in [-0.25, -0.2) is 0 Å². The summed E-state index contributed by atoms with van der Waals surface area (Å²) < 4.78 is 0. The molecule has 0 bridgehead atoms. The van der Waals surface area contributed by atoms with Crippen molar-refractivity contribution < 1.29 is 9.59 Å². The zero-order valence-corrected chi connectivity index (χ0v) is 23.4. The minimum atomic E-state index is -1.33. The standard InChI is InChI=1S/C31H33ClN2O2S/c1-20-10-12-24(13-11-20)31(36)34-15-14-27-22(3)29(28(32)18-25(27)19-34)30(35)33-21(2)16-23-8-7-9-26(17-23)37(4,5)6/h7-13,16-18H,4-5,14-15,19H2,1-3,6H3,(H,33,35)/b21-16+. The number of hydrogen-bond donors (Lipinski definition) is 1. The SMILES string of the molecule is C=S(=C)(C)c1cccc(/C=C(\C)NC(=O)c2c(Cl)cc3c(c2C)CCN(C(=O)c2ccc(C)cc2)C3)c1. The molecule has 0 radical (unpaired) electrons. The van der Waals surface area contributed by atoms with E-state index in [2.05, 4.69) is 23.1 Å². The van der Waals surface area contributed by atoms with Crippen molar-refractivity contribution in [2.45, 2.75) is 38.6 Å². The lowest BCUT2D eigenvalue weighted by Gasteiger charge is -2.31. The molecule has 0 saturated carbocycles. The molecule has 6 heteroatoms. The first kappa shape index (κ1) is 26.8. The minimum absolute atomic E-state index is 0.00528. The Balaban J connectivity index is 1.54. The van der Waals surface area contributed by atoms with Gasteiger partial charge in [0.15, 0.2) is 0 Å². The third-order valence-electron chi connectivity index (χ3n) is 6.68. The predicted octanol–water partition coefficient (Wildman–Crippen LogP) is 6.60. The molecule has 0 atom stereocenters. The normalized spacial score (nSPS) is 13.8. The van der Waals surface area contributed by atoms with E-state index in [0.29, 0.717) is 35.7 Å². The monoisotopic (exact) mass is 532 g/mol. The zero-order chi connectivity index (χ0) is 26.9. The molecule has 0 saturated heterocycles. The molecular formula is C31H33ClN2O2S. The van der Waals surface area contributed by atoms with Crippen LogP contribution in [0.3, 0.4) is 0 Å². The number of allylic oxidation sites excluding steroid dienone is 1. The van der Waals surface area contributed by atoms with Gasteiger partial charge in [-0.1, -0.05) is 53.2 Å². The van der Waals surface area contributed by atoms with Crippen LogP contribution in [0, 0.1) is 13.8 Å². The maximum atomic E-state index is 13.3. The topological polar surface area (TPSA) is 49.4 Å². The summed E-state index contributed by atoms with van der Waals surface area (Å²) in [7, 11) is -1.33. The molecule has 1 aliphatic heterocycles. The van der Waals surface area contributed by atoms with Crippen LogP contribution in [0.25, 0.3) is 6.08 Å². The summed E-state index contributed by atoms with van der Waals surface area (Å²) in [5.74, 6) is 8.13. The van der Waals surface area contributed by atoms with Gasteiger partial charge < -0.3 is 10.2 Å². The Kier molecular flexibility index (Phi) is 7.67. The Morgan fingerprint density at radius 3 is 2.46 bits per heavy atom. The Labute approximate surface area is 225 Å². The molecule has 3 aromatic rings. The van der Waals surface area contributed by atoms with Crippen molar-refractivity contribution in [2.75, 3.05) is 12.8 Å². The highest BCUT2D eigenvalue weighted by Gasteiger charge is 2.26. The van der Waals surface area contributed by atoms with Gasteiger partial charge >= 0.3 is 0 Å². The highest BCUT2D eigenvalue weighted by molar-refractivity contribution is 8.27. The van der Waals surface area contributed by atoms with E-state index in [1.807, 2.05) is 86.5 Å². The quantitative estimate of drug-likeness (QED) is 0.376. The molecule has 1 N–H and O–H groups in total. The summed E-state index contributed by atoms with van der Waals surface area (Å²) in [6.07, 6.45) is 4.65. The molecule has 0 spiro atoms. The summed E-state index contributed by atoms with van der Waals surface area (Å²) >= 11 is 6.64. The number of nitrogens with one attached hydrogen (secondary N) is 1. The van der Waals surface area contributed by atoms with Crippen LogP contribution in [-0.2, 0) is 13.0 Å². The smallest absolute Gasteiger partial charge is 0.257 e. The summed E-state index contributed by atoms with van der Waals surface area (Å²) in [6.45, 7) is 6.87. The third kappa shape index (κ3) is 6.00. The second-order valence-corrected chi connectivity index (χ2v) is 13.4. The van der Waals surface area contributed by atoms with E-state index in [4.69, 9.17) is 11.6 Å². The number of carbonyl (C=O) groups excluding carboxylic acids is 2. The van der Waals surface area contributed by atoms with E-state index < -0.39 is 9.21 Å². The lowest BCUT2D eigenvalue weighted by Crippen LogP contribution is -2.36. The number of rotatable bonds is 5. The number of fused-ring (bicyclic) bond motifs is 1. The molecule has 0 fully saturated rings. The first-order valence-corrected chi connectivity index (χ1v) is 14.9. The zero-order valence-electron chi connectivity index (χ0n) is 21.9. The van der Waals surface area contributed by atoms with Gasteiger partial charge in [-0.05, 0) is 97.0 Å². The average molecular weight is 533 g/mol. The Hall–Kier alpha value is -3.28. The summed E-state index contributed by atoms with van der Waals surface area (Å²) in [5.41, 5.74) is 6.91. The molecular weight excluding hydrogens is 500 g/mol. The van der Waals surface area contributed by atoms with Gasteiger partial charge in [-0.2, -0.15) is 9.21 Å². The lowest BCUT2D eigenvalue weighted by atomic mass is 9.91. The largest absolute Gasteiger partial charge is 0.334 e. The van der Waals surface area contributed by atoms with Crippen molar-refractivity contribution in [3.8, 4) is 0 Å². The van der Waals surface area contributed by atoms with Gasteiger partial charge in [-0.3, -0.25) is 9.59 Å². The molecule has 192 valence electrons. The van der Waals surface area contributed by atoms with Crippen molar-refractivity contribution in [3.63, 3.8) is 0 Å². The minimum Gasteiger partial charge on any atom is -0.334 e. The Morgan fingerprint density at radius 2 is 1.78 bits per heavy atom. The van der Waals surface area contributed by atoms with Crippen LogP contribution in [0.15, 0.2) is 65.2 Å². The van der Waals surface area contributed by atoms with E-state index in [0.717, 1.165) is 38.4 Å². The molecule has 0 aliphatic carbocycles. The van der Waals surface area contributed by atoms with E-state index in [-0.39, 0.29) is 11.8 Å². The molecule has 0 unspecified atom stereocenters. The third-order valence-corrected chi connectivity index (χ3v) is 8.37. The number of carbonyl (C=O) groups is 2. The first-order valence-electron chi connectivity index (χ1n) is 12.1. The lowest BCUT2D eigenvalue weighted by molar-refractivity contribution is 0.0734. The van der Waals surface area contributed by atoms with Crippen LogP contribution in [0.5, 0.6) is 0 Å². The van der Waals surface area contributed by atoms with E-state index >= 15 is 0 Å². The average Bonchev–Trinajstić information content (AvgIpc) is 2.83. The van der Waals surface area contributed by atoms with Crippen LogP contribution in [0.1, 0.15) is 55.5 Å². The Bertz CT molecular complexity index is 1520. The van der Waals surface area contributed by atoms with Crippen LogP contribution >= 0.6 is 20.8 Å². The highest BCUT2D eigenvalue weighted by atomic mass is 35.5. The summed E-state index contributed by atoms with van der Waals surface area (Å²) in [4.78, 5) is 29.2. The maximum Gasteiger partial charge on any atom is 0.257 e. The van der Waals surface area contributed by atoms with Crippen molar-refractivity contribution in [2.24, 2.45) is 0 Å². The fourth-order valence-electron chi connectivity index (χ4n) is 4.67. The molecule has 37 heavy (non-hydrogen) atoms. The molecule has 3 aromatic carbocycles. The maximum absolute atomic E-state index is 13.3. The van der Waals surface area contributed by atoms with Crippen molar-refractivity contribution in [1.29, 1.82) is 0 Å². The van der Waals surface area contributed by atoms with E-state index in [9.17, 15) is 9.59 Å². The number of benzene rings is 3. The number of amides is 2. The fraction of sp³-hybridized carbons (Fsp3) is 0.226. The van der Waals surface area contributed by atoms with Crippen molar-refractivity contribution in [3.05, 3.63) is 104 Å². The number of hydrogen-bond acceptors (Lipinski definition) is 2. The van der Waals surface area contributed by atoms with Crippen molar-refractivity contribution in [1.82, 2.24) is 10.2 Å². The van der Waals surface area contributed by atoms with Gasteiger partial charge in [0, 0.05) is 24.4 Å². The van der Waals surface area contributed by atoms with E-state index in [1.54, 1.807) is 0 Å². The van der Waals surface area contributed by atoms with E-state index in [1.165, 1.54) is 0 Å². The van der Waals surface area contributed by atoms with Gasteiger partial charge in [-0.15, -0.1) is 0 Å². The molecule has 4 nitrogen and oxygen atoms in total. The number of halogens is 1. The molecule has 1 aliphatic rings. The van der Waals surface area contributed by atoms with Crippen LogP contribution < -0.4 is 5.32 Å². The molecule has 4 rings (SSSR count). The van der Waals surface area contributed by atoms with Gasteiger partial charge in [0.25, 0.3) is 11.8 Å².